The molecule has 1 aromatic rings. The molecule has 0 saturated heterocycles. The summed E-state index contributed by atoms with van der Waals surface area (Å²) in [4.78, 5) is 11.7. The highest BCUT2D eigenvalue weighted by atomic mass is 35.5. The molecule has 1 aromatic heterocycles. The minimum absolute atomic E-state index is 0. The fraction of sp³-hybridized carbons (Fsp3) is 0.636. The summed E-state index contributed by atoms with van der Waals surface area (Å²) in [6.07, 6.45) is 7.84. The molecule has 1 fully saturated rings. The van der Waals surface area contributed by atoms with Gasteiger partial charge in [0.25, 0.3) is 0 Å². The first-order valence-corrected chi connectivity index (χ1v) is 5.81. The minimum Gasteiger partial charge on any atom is -0.396 e. The summed E-state index contributed by atoms with van der Waals surface area (Å²) in [5.41, 5.74) is 6.19. The van der Waals surface area contributed by atoms with E-state index in [0.29, 0.717) is 18.8 Å². The number of rotatable bonds is 4. The van der Waals surface area contributed by atoms with E-state index in [1.807, 2.05) is 0 Å². The summed E-state index contributed by atoms with van der Waals surface area (Å²) < 4.78 is 1.74. The van der Waals surface area contributed by atoms with Crippen molar-refractivity contribution in [3.05, 3.63) is 12.4 Å². The molecule has 7 heteroatoms. The summed E-state index contributed by atoms with van der Waals surface area (Å²) in [5.74, 6) is 0.431. The van der Waals surface area contributed by atoms with Crippen molar-refractivity contribution in [3.63, 3.8) is 0 Å². The van der Waals surface area contributed by atoms with E-state index < -0.39 is 0 Å². The van der Waals surface area contributed by atoms with E-state index in [1.54, 1.807) is 17.1 Å². The number of hydrogen-bond acceptors (Lipinski definition) is 3. The Hall–Kier alpha value is -0.940. The SMILES string of the molecule is Cl.Cl.Nc1cnn(CCNC(=O)C2CCCC2)c1. The van der Waals surface area contributed by atoms with E-state index in [9.17, 15) is 4.79 Å². The number of nitrogen functional groups attached to an aromatic ring is 1. The molecule has 5 nitrogen and oxygen atoms in total. The van der Waals surface area contributed by atoms with Gasteiger partial charge in [-0.25, -0.2) is 0 Å². The number of halogens is 2. The number of hydrogen-bond donors (Lipinski definition) is 2. The first-order chi connectivity index (χ1) is 7.75. The molecule has 2 rings (SSSR count). The molecule has 0 aromatic carbocycles. The normalized spacial score (nSPS) is 14.7. The van der Waals surface area contributed by atoms with E-state index in [1.165, 1.54) is 12.8 Å². The third-order valence-electron chi connectivity index (χ3n) is 3.02. The van der Waals surface area contributed by atoms with Crippen LogP contribution in [0.1, 0.15) is 25.7 Å². The van der Waals surface area contributed by atoms with Crippen molar-refractivity contribution in [2.45, 2.75) is 32.2 Å². The zero-order chi connectivity index (χ0) is 11.4. The summed E-state index contributed by atoms with van der Waals surface area (Å²) in [6, 6.07) is 0. The lowest BCUT2D eigenvalue weighted by molar-refractivity contribution is -0.124. The second kappa shape index (κ2) is 8.21. The third-order valence-corrected chi connectivity index (χ3v) is 3.02. The largest absolute Gasteiger partial charge is 0.396 e. The summed E-state index contributed by atoms with van der Waals surface area (Å²) in [5, 5.41) is 6.99. The van der Waals surface area contributed by atoms with Gasteiger partial charge in [0.05, 0.1) is 18.4 Å². The fourth-order valence-electron chi connectivity index (χ4n) is 2.13. The van der Waals surface area contributed by atoms with Gasteiger partial charge in [0.15, 0.2) is 0 Å². The average Bonchev–Trinajstić information content (AvgIpc) is 2.89. The third kappa shape index (κ3) is 4.74. The van der Waals surface area contributed by atoms with Crippen LogP contribution in [0.5, 0.6) is 0 Å². The molecule has 1 heterocycles. The molecule has 3 N–H and O–H groups in total. The van der Waals surface area contributed by atoms with Crippen molar-refractivity contribution in [1.82, 2.24) is 15.1 Å². The lowest BCUT2D eigenvalue weighted by Crippen LogP contribution is -2.32. The molecule has 0 spiro atoms. The van der Waals surface area contributed by atoms with Crippen LogP contribution >= 0.6 is 24.8 Å². The van der Waals surface area contributed by atoms with Crippen LogP contribution in [0, 0.1) is 5.92 Å². The van der Waals surface area contributed by atoms with Crippen LogP contribution in [0.25, 0.3) is 0 Å². The second-order valence-corrected chi connectivity index (χ2v) is 4.31. The van der Waals surface area contributed by atoms with E-state index in [0.717, 1.165) is 12.8 Å². The van der Waals surface area contributed by atoms with Crippen LogP contribution < -0.4 is 11.1 Å². The van der Waals surface area contributed by atoms with Gasteiger partial charge in [-0.1, -0.05) is 12.8 Å². The van der Waals surface area contributed by atoms with E-state index in [-0.39, 0.29) is 36.6 Å². The van der Waals surface area contributed by atoms with E-state index in [2.05, 4.69) is 10.4 Å². The van der Waals surface area contributed by atoms with Crippen LogP contribution in [0.2, 0.25) is 0 Å². The molecule has 0 aliphatic heterocycles. The number of nitrogens with two attached hydrogens (primary N) is 1. The van der Waals surface area contributed by atoms with Gasteiger partial charge in [-0.05, 0) is 12.8 Å². The van der Waals surface area contributed by atoms with Gasteiger partial charge in [0.2, 0.25) is 5.91 Å². The van der Waals surface area contributed by atoms with Crippen molar-refractivity contribution >= 4 is 36.4 Å². The van der Waals surface area contributed by atoms with Crippen LogP contribution in [0.3, 0.4) is 0 Å². The lowest BCUT2D eigenvalue weighted by Gasteiger charge is -2.09. The van der Waals surface area contributed by atoms with Gasteiger partial charge in [0, 0.05) is 18.7 Å². The van der Waals surface area contributed by atoms with E-state index >= 15 is 0 Å². The van der Waals surface area contributed by atoms with Crippen molar-refractivity contribution in [2.75, 3.05) is 12.3 Å². The van der Waals surface area contributed by atoms with Gasteiger partial charge in [0.1, 0.15) is 0 Å². The van der Waals surface area contributed by atoms with Crippen molar-refractivity contribution < 1.29 is 4.79 Å². The zero-order valence-electron chi connectivity index (χ0n) is 10.2. The molecule has 1 amide bonds. The highest BCUT2D eigenvalue weighted by molar-refractivity contribution is 5.85. The lowest BCUT2D eigenvalue weighted by atomic mass is 10.1. The van der Waals surface area contributed by atoms with Gasteiger partial charge in [-0.3, -0.25) is 9.48 Å². The molecular formula is C11H20Cl2N4O. The number of nitrogens with one attached hydrogen (secondary N) is 1. The van der Waals surface area contributed by atoms with Crippen LogP contribution in [-0.4, -0.2) is 22.2 Å². The number of nitrogens with zero attached hydrogens (tertiary/aromatic N) is 2. The monoisotopic (exact) mass is 294 g/mol. The number of carbonyl (C=O) groups excluding carboxylic acids is 1. The van der Waals surface area contributed by atoms with Gasteiger partial charge in [-0.2, -0.15) is 5.10 Å². The molecule has 0 radical (unpaired) electrons. The Bertz CT molecular complexity index is 364. The topological polar surface area (TPSA) is 72.9 Å². The Kier molecular flexibility index (Phi) is 7.78. The Balaban J connectivity index is 0.00000144. The quantitative estimate of drug-likeness (QED) is 0.886. The van der Waals surface area contributed by atoms with Crippen LogP contribution in [0.15, 0.2) is 12.4 Å². The first-order valence-electron chi connectivity index (χ1n) is 5.81. The maximum atomic E-state index is 11.7. The second-order valence-electron chi connectivity index (χ2n) is 4.31. The maximum Gasteiger partial charge on any atom is 0.223 e. The summed E-state index contributed by atoms with van der Waals surface area (Å²) >= 11 is 0. The van der Waals surface area contributed by atoms with Crippen molar-refractivity contribution in [1.29, 1.82) is 0 Å². The highest BCUT2D eigenvalue weighted by Crippen LogP contribution is 2.24. The molecule has 18 heavy (non-hydrogen) atoms. The Morgan fingerprint density at radius 3 is 2.67 bits per heavy atom. The molecule has 0 unspecified atom stereocenters. The maximum absolute atomic E-state index is 11.7. The van der Waals surface area contributed by atoms with Crippen molar-refractivity contribution in [3.8, 4) is 0 Å². The molecule has 1 aliphatic carbocycles. The average molecular weight is 295 g/mol. The number of anilines is 1. The summed E-state index contributed by atoms with van der Waals surface area (Å²) in [6.45, 7) is 1.30. The predicted molar refractivity (Wildman–Crippen MR) is 76.1 cm³/mol. The molecule has 104 valence electrons. The smallest absolute Gasteiger partial charge is 0.223 e. The molecule has 1 saturated carbocycles. The number of carbonyl (C=O) groups is 1. The molecule has 1 aliphatic rings. The van der Waals surface area contributed by atoms with Crippen molar-refractivity contribution in [2.24, 2.45) is 5.92 Å². The van der Waals surface area contributed by atoms with Crippen LogP contribution in [0.4, 0.5) is 5.69 Å². The minimum atomic E-state index is 0. The Morgan fingerprint density at radius 2 is 2.11 bits per heavy atom. The van der Waals surface area contributed by atoms with Gasteiger partial charge in [-0.15, -0.1) is 24.8 Å². The fourth-order valence-corrected chi connectivity index (χ4v) is 2.13. The Morgan fingerprint density at radius 1 is 1.44 bits per heavy atom. The van der Waals surface area contributed by atoms with Crippen LogP contribution in [-0.2, 0) is 11.3 Å². The summed E-state index contributed by atoms with van der Waals surface area (Å²) in [7, 11) is 0. The molecule has 0 atom stereocenters. The first kappa shape index (κ1) is 17.1. The van der Waals surface area contributed by atoms with E-state index in [4.69, 9.17) is 5.73 Å². The van der Waals surface area contributed by atoms with Gasteiger partial charge >= 0.3 is 0 Å². The highest BCUT2D eigenvalue weighted by Gasteiger charge is 2.21. The molecular weight excluding hydrogens is 275 g/mol. The predicted octanol–water partition coefficient (Wildman–Crippen LogP) is 1.62. The number of aromatic nitrogens is 2. The molecule has 0 bridgehead atoms. The Labute approximate surface area is 119 Å². The standard InChI is InChI=1S/C11H18N4O.2ClH/c12-10-7-14-15(8-10)6-5-13-11(16)9-3-1-2-4-9;;/h7-9H,1-6,12H2,(H,13,16);2*1H. The number of amides is 1. The van der Waals surface area contributed by atoms with Gasteiger partial charge < -0.3 is 11.1 Å². The zero-order valence-corrected chi connectivity index (χ0v) is 11.8.